The van der Waals surface area contributed by atoms with Crippen LogP contribution in [0.25, 0.3) is 0 Å². The number of carboxylic acids is 1. The molecule has 1 rings (SSSR count). The van der Waals surface area contributed by atoms with Gasteiger partial charge in [-0.05, 0) is 37.5 Å². The SMILES string of the molecule is CCCNC(=O)CS(=O)(=O)c1cc(C(=O)O)c(C)cc1C. The van der Waals surface area contributed by atoms with Crippen LogP contribution in [0.15, 0.2) is 17.0 Å². The van der Waals surface area contributed by atoms with E-state index < -0.39 is 27.5 Å². The Morgan fingerprint density at radius 1 is 1.19 bits per heavy atom. The maximum atomic E-state index is 12.3. The van der Waals surface area contributed by atoms with E-state index in [1.807, 2.05) is 6.92 Å². The Bertz CT molecular complexity index is 664. The van der Waals surface area contributed by atoms with Gasteiger partial charge in [-0.25, -0.2) is 13.2 Å². The summed E-state index contributed by atoms with van der Waals surface area (Å²) < 4.78 is 24.5. The molecule has 1 amide bonds. The number of carbonyl (C=O) groups is 2. The number of aromatic carboxylic acids is 1. The van der Waals surface area contributed by atoms with Gasteiger partial charge in [-0.1, -0.05) is 13.0 Å². The molecule has 6 nitrogen and oxygen atoms in total. The smallest absolute Gasteiger partial charge is 0.335 e. The van der Waals surface area contributed by atoms with Gasteiger partial charge in [0.1, 0.15) is 5.75 Å². The average Bonchev–Trinajstić information content (AvgIpc) is 2.34. The first-order valence-electron chi connectivity index (χ1n) is 6.53. The lowest BCUT2D eigenvalue weighted by molar-refractivity contribution is -0.118. The first kappa shape index (κ1) is 17.2. The standard InChI is InChI=1S/C14H19NO5S/c1-4-5-15-13(16)8-21(19,20)12-7-11(14(17)18)9(2)6-10(12)3/h6-7H,4-5,8H2,1-3H3,(H,15,16)(H,17,18). The van der Waals surface area contributed by atoms with E-state index in [1.165, 1.54) is 6.07 Å². The number of sulfone groups is 1. The Kier molecular flexibility index (Phi) is 5.48. The van der Waals surface area contributed by atoms with Crippen molar-refractivity contribution in [3.63, 3.8) is 0 Å². The molecule has 1 aromatic rings. The molecule has 21 heavy (non-hydrogen) atoms. The summed E-state index contributed by atoms with van der Waals surface area (Å²) >= 11 is 0. The minimum absolute atomic E-state index is 0.0758. The van der Waals surface area contributed by atoms with Gasteiger partial charge >= 0.3 is 5.97 Å². The van der Waals surface area contributed by atoms with Crippen LogP contribution in [-0.2, 0) is 14.6 Å². The van der Waals surface area contributed by atoms with Crippen molar-refractivity contribution in [2.45, 2.75) is 32.1 Å². The largest absolute Gasteiger partial charge is 0.478 e. The zero-order chi connectivity index (χ0) is 16.2. The number of nitrogens with one attached hydrogen (secondary N) is 1. The molecule has 0 unspecified atom stereocenters. The highest BCUT2D eigenvalue weighted by molar-refractivity contribution is 7.92. The van der Waals surface area contributed by atoms with Gasteiger partial charge in [-0.15, -0.1) is 0 Å². The van der Waals surface area contributed by atoms with Crippen LogP contribution in [0.1, 0.15) is 34.8 Å². The summed E-state index contributed by atoms with van der Waals surface area (Å²) in [6.45, 7) is 5.44. The Labute approximate surface area is 124 Å². The number of amides is 1. The van der Waals surface area contributed by atoms with Crippen LogP contribution >= 0.6 is 0 Å². The second-order valence-corrected chi connectivity index (χ2v) is 6.80. The molecule has 0 saturated carbocycles. The highest BCUT2D eigenvalue weighted by Crippen LogP contribution is 2.21. The number of carbonyl (C=O) groups excluding carboxylic acids is 1. The molecule has 0 atom stereocenters. The molecule has 0 aliphatic rings. The quantitative estimate of drug-likeness (QED) is 0.824. The van der Waals surface area contributed by atoms with Crippen molar-refractivity contribution >= 4 is 21.7 Å². The fourth-order valence-corrected chi connectivity index (χ4v) is 3.41. The number of benzene rings is 1. The highest BCUT2D eigenvalue weighted by Gasteiger charge is 2.23. The molecule has 0 saturated heterocycles. The van der Waals surface area contributed by atoms with Crippen molar-refractivity contribution in [3.8, 4) is 0 Å². The second kappa shape index (κ2) is 6.71. The first-order chi connectivity index (χ1) is 9.69. The normalized spacial score (nSPS) is 11.2. The van der Waals surface area contributed by atoms with Crippen LogP contribution in [0.4, 0.5) is 0 Å². The van der Waals surface area contributed by atoms with Gasteiger partial charge in [0.05, 0.1) is 10.5 Å². The Balaban J connectivity index is 3.17. The molecule has 0 aliphatic heterocycles. The molecule has 0 radical (unpaired) electrons. The summed E-state index contributed by atoms with van der Waals surface area (Å²) in [6.07, 6.45) is 0.707. The van der Waals surface area contributed by atoms with Crippen molar-refractivity contribution in [1.29, 1.82) is 0 Å². The number of carboxylic acid groups (broad SMARTS) is 1. The van der Waals surface area contributed by atoms with E-state index in [0.717, 1.165) is 6.07 Å². The summed E-state index contributed by atoms with van der Waals surface area (Å²) in [7, 11) is -3.87. The van der Waals surface area contributed by atoms with Crippen LogP contribution in [0, 0.1) is 13.8 Å². The van der Waals surface area contributed by atoms with E-state index in [1.54, 1.807) is 13.8 Å². The maximum Gasteiger partial charge on any atom is 0.335 e. The summed E-state index contributed by atoms with van der Waals surface area (Å²) in [5, 5.41) is 11.6. The van der Waals surface area contributed by atoms with E-state index in [-0.39, 0.29) is 10.5 Å². The van der Waals surface area contributed by atoms with Gasteiger partial charge in [0.2, 0.25) is 5.91 Å². The van der Waals surface area contributed by atoms with Gasteiger partial charge in [-0.3, -0.25) is 4.79 Å². The van der Waals surface area contributed by atoms with Gasteiger partial charge in [0, 0.05) is 6.54 Å². The molecule has 2 N–H and O–H groups in total. The zero-order valence-electron chi connectivity index (χ0n) is 12.3. The average molecular weight is 313 g/mol. The fraction of sp³-hybridized carbons (Fsp3) is 0.429. The molecular formula is C14H19NO5S. The summed E-state index contributed by atoms with van der Waals surface area (Å²) in [5.74, 6) is -2.47. The van der Waals surface area contributed by atoms with Crippen molar-refractivity contribution in [2.75, 3.05) is 12.3 Å². The molecule has 0 bridgehead atoms. The molecular weight excluding hydrogens is 294 g/mol. The van der Waals surface area contributed by atoms with Crippen LogP contribution in [0.2, 0.25) is 0 Å². The van der Waals surface area contributed by atoms with Gasteiger partial charge in [0.15, 0.2) is 9.84 Å². The summed E-state index contributed by atoms with van der Waals surface area (Å²) in [4.78, 5) is 22.6. The van der Waals surface area contributed by atoms with Gasteiger partial charge < -0.3 is 10.4 Å². The lowest BCUT2D eigenvalue weighted by atomic mass is 10.1. The molecule has 0 fully saturated rings. The van der Waals surface area contributed by atoms with Crippen LogP contribution < -0.4 is 5.32 Å². The number of hydrogen-bond acceptors (Lipinski definition) is 4. The third-order valence-electron chi connectivity index (χ3n) is 2.98. The molecule has 116 valence electrons. The monoisotopic (exact) mass is 313 g/mol. The topological polar surface area (TPSA) is 101 Å². The Morgan fingerprint density at radius 2 is 1.81 bits per heavy atom. The minimum Gasteiger partial charge on any atom is -0.478 e. The first-order valence-corrected chi connectivity index (χ1v) is 8.18. The predicted molar refractivity (Wildman–Crippen MR) is 78.2 cm³/mol. The number of hydrogen-bond donors (Lipinski definition) is 2. The van der Waals surface area contributed by atoms with E-state index in [9.17, 15) is 18.0 Å². The molecule has 0 spiro atoms. The van der Waals surface area contributed by atoms with Crippen molar-refractivity contribution in [1.82, 2.24) is 5.32 Å². The van der Waals surface area contributed by atoms with Crippen LogP contribution in [-0.4, -0.2) is 37.7 Å². The molecule has 0 heterocycles. The predicted octanol–water partition coefficient (Wildman–Crippen LogP) is 1.30. The highest BCUT2D eigenvalue weighted by atomic mass is 32.2. The van der Waals surface area contributed by atoms with Gasteiger partial charge in [0.25, 0.3) is 0 Å². The molecule has 0 aromatic heterocycles. The van der Waals surface area contributed by atoms with E-state index >= 15 is 0 Å². The molecule has 1 aromatic carbocycles. The zero-order valence-corrected chi connectivity index (χ0v) is 13.1. The van der Waals surface area contributed by atoms with E-state index in [2.05, 4.69) is 5.32 Å². The maximum absolute atomic E-state index is 12.3. The third-order valence-corrected chi connectivity index (χ3v) is 4.73. The van der Waals surface area contributed by atoms with Crippen LogP contribution in [0.5, 0.6) is 0 Å². The third kappa shape index (κ3) is 4.29. The Morgan fingerprint density at radius 3 is 2.33 bits per heavy atom. The summed E-state index contributed by atoms with van der Waals surface area (Å²) in [5.41, 5.74) is 0.836. The van der Waals surface area contributed by atoms with E-state index in [0.29, 0.717) is 24.1 Å². The van der Waals surface area contributed by atoms with Crippen molar-refractivity contribution in [3.05, 3.63) is 28.8 Å². The molecule has 0 aliphatic carbocycles. The number of rotatable bonds is 6. The second-order valence-electron chi connectivity index (χ2n) is 4.85. The Hall–Kier alpha value is -1.89. The minimum atomic E-state index is -3.87. The van der Waals surface area contributed by atoms with Crippen molar-refractivity contribution in [2.24, 2.45) is 0 Å². The molecule has 7 heteroatoms. The lowest BCUT2D eigenvalue weighted by Gasteiger charge is -2.11. The van der Waals surface area contributed by atoms with E-state index in [4.69, 9.17) is 5.11 Å². The number of aryl methyl sites for hydroxylation is 2. The van der Waals surface area contributed by atoms with Crippen LogP contribution in [0.3, 0.4) is 0 Å². The van der Waals surface area contributed by atoms with Gasteiger partial charge in [-0.2, -0.15) is 0 Å². The van der Waals surface area contributed by atoms with Crippen molar-refractivity contribution < 1.29 is 23.1 Å². The summed E-state index contributed by atoms with van der Waals surface area (Å²) in [6, 6.07) is 2.62. The fourth-order valence-electron chi connectivity index (χ4n) is 1.96. The lowest BCUT2D eigenvalue weighted by Crippen LogP contribution is -2.31.